The van der Waals surface area contributed by atoms with E-state index in [9.17, 15) is 9.59 Å². The lowest BCUT2D eigenvalue weighted by Crippen LogP contribution is -2.40. The number of aromatic nitrogens is 1. The van der Waals surface area contributed by atoms with E-state index in [0.29, 0.717) is 26.5 Å². The third-order valence-corrected chi connectivity index (χ3v) is 8.71. The van der Waals surface area contributed by atoms with Crippen molar-refractivity contribution >= 4 is 56.3 Å². The van der Waals surface area contributed by atoms with E-state index in [1.165, 1.54) is 16.9 Å². The van der Waals surface area contributed by atoms with E-state index in [0.717, 1.165) is 19.8 Å². The molecule has 2 aromatic heterocycles. The van der Waals surface area contributed by atoms with Gasteiger partial charge in [-0.05, 0) is 58.1 Å². The maximum absolute atomic E-state index is 13.9. The fraction of sp³-hybridized carbons (Fsp3) is 0.207. The largest absolute Gasteiger partial charge is 0.463 e. The number of fused-ring (bicyclic) bond motifs is 1. The van der Waals surface area contributed by atoms with E-state index in [1.807, 2.05) is 60.7 Å². The summed E-state index contributed by atoms with van der Waals surface area (Å²) in [5.41, 5.74) is 3.54. The smallest absolute Gasteiger partial charge is 0.338 e. The number of esters is 1. The predicted octanol–water partition coefficient (Wildman–Crippen LogP) is 5.88. The Morgan fingerprint density at radius 3 is 2.43 bits per heavy atom. The average Bonchev–Trinajstić information content (AvgIpc) is 3.45. The number of thiazole rings is 1. The van der Waals surface area contributed by atoms with E-state index < -0.39 is 12.0 Å². The van der Waals surface area contributed by atoms with Crippen molar-refractivity contribution in [2.45, 2.75) is 32.7 Å². The summed E-state index contributed by atoms with van der Waals surface area (Å²) >= 11 is 6.38. The van der Waals surface area contributed by atoms with Crippen LogP contribution < -0.4 is 14.9 Å². The van der Waals surface area contributed by atoms with Crippen LogP contribution in [0.15, 0.2) is 85.9 Å². The van der Waals surface area contributed by atoms with Gasteiger partial charge in [0.2, 0.25) is 0 Å². The Bertz CT molecular complexity index is 1660. The molecule has 8 heteroatoms. The molecule has 0 aliphatic carbocycles. The Morgan fingerprint density at radius 1 is 1.08 bits per heavy atom. The number of carbonyl (C=O) groups excluding carboxylic acids is 1. The van der Waals surface area contributed by atoms with Gasteiger partial charge in [-0.1, -0.05) is 79.8 Å². The summed E-state index contributed by atoms with van der Waals surface area (Å²) in [6.45, 7) is 6.28. The predicted molar refractivity (Wildman–Crippen MR) is 154 cm³/mol. The number of nitrogens with zero attached hydrogens (tertiary/aromatic N) is 2. The number of rotatable bonds is 6. The molecule has 2 aromatic carbocycles. The Balaban J connectivity index is 1.81. The monoisotopic (exact) mass is 592 g/mol. The molecule has 5 nitrogen and oxygen atoms in total. The molecule has 4 aromatic rings. The first-order valence-corrected chi connectivity index (χ1v) is 14.4. The van der Waals surface area contributed by atoms with Crippen LogP contribution in [0.4, 0.5) is 0 Å². The molecule has 0 fully saturated rings. The Labute approximate surface area is 231 Å². The Hall–Kier alpha value is -3.07. The second-order valence-electron chi connectivity index (χ2n) is 8.89. The van der Waals surface area contributed by atoms with Crippen LogP contribution in [0.2, 0.25) is 0 Å². The summed E-state index contributed by atoms with van der Waals surface area (Å²) in [6.07, 6.45) is 1.88. The molecule has 0 saturated heterocycles. The molecule has 5 rings (SSSR count). The van der Waals surface area contributed by atoms with Crippen LogP contribution in [0.5, 0.6) is 0 Å². The minimum absolute atomic E-state index is 0.180. The number of thiophene rings is 1. The van der Waals surface area contributed by atoms with Crippen LogP contribution in [0.25, 0.3) is 11.8 Å². The maximum atomic E-state index is 13.9. The summed E-state index contributed by atoms with van der Waals surface area (Å²) in [5, 5.41) is 0. The molecule has 0 N–H and O–H groups in total. The van der Waals surface area contributed by atoms with Crippen molar-refractivity contribution in [1.82, 2.24) is 4.57 Å². The first kappa shape index (κ1) is 25.6. The zero-order chi connectivity index (χ0) is 26.1. The summed E-state index contributed by atoms with van der Waals surface area (Å²) in [7, 11) is 0. The van der Waals surface area contributed by atoms with Gasteiger partial charge in [-0.3, -0.25) is 9.36 Å². The molecule has 0 saturated carbocycles. The molecular formula is C29H25BrN2O3S2. The van der Waals surface area contributed by atoms with Crippen LogP contribution in [0, 0.1) is 0 Å². The van der Waals surface area contributed by atoms with Crippen molar-refractivity contribution < 1.29 is 9.53 Å². The minimum atomic E-state index is -0.663. The molecule has 0 amide bonds. The van der Waals surface area contributed by atoms with Crippen LogP contribution in [-0.4, -0.2) is 17.1 Å². The zero-order valence-electron chi connectivity index (χ0n) is 20.6. The highest BCUT2D eigenvalue weighted by molar-refractivity contribution is 9.11. The van der Waals surface area contributed by atoms with Crippen molar-refractivity contribution in [3.05, 3.63) is 117 Å². The van der Waals surface area contributed by atoms with Gasteiger partial charge in [0.05, 0.1) is 32.2 Å². The quantitative estimate of drug-likeness (QED) is 0.263. The van der Waals surface area contributed by atoms with E-state index in [2.05, 4.69) is 41.9 Å². The van der Waals surface area contributed by atoms with Gasteiger partial charge in [-0.25, -0.2) is 9.79 Å². The lowest BCUT2D eigenvalue weighted by molar-refractivity contribution is -0.138. The fourth-order valence-electron chi connectivity index (χ4n) is 4.35. The van der Waals surface area contributed by atoms with Crippen molar-refractivity contribution in [2.75, 3.05) is 6.61 Å². The fourth-order valence-corrected chi connectivity index (χ4v) is 6.79. The van der Waals surface area contributed by atoms with E-state index in [1.54, 1.807) is 22.8 Å². The molecule has 0 radical (unpaired) electrons. The van der Waals surface area contributed by atoms with Crippen LogP contribution in [0.3, 0.4) is 0 Å². The first-order valence-electron chi connectivity index (χ1n) is 12.0. The third kappa shape index (κ3) is 5.06. The lowest BCUT2D eigenvalue weighted by Gasteiger charge is -2.26. The molecular weight excluding hydrogens is 568 g/mol. The summed E-state index contributed by atoms with van der Waals surface area (Å²) in [5.74, 6) is -0.111. The summed E-state index contributed by atoms with van der Waals surface area (Å²) in [6, 6.07) is 21.0. The topological polar surface area (TPSA) is 60.7 Å². The lowest BCUT2D eigenvalue weighted by atomic mass is 9.91. The molecule has 1 aliphatic heterocycles. The molecule has 0 spiro atoms. The van der Waals surface area contributed by atoms with Crippen molar-refractivity contribution in [3.8, 4) is 0 Å². The summed E-state index contributed by atoms with van der Waals surface area (Å²) in [4.78, 5) is 33.8. The zero-order valence-corrected chi connectivity index (χ0v) is 23.8. The number of halogens is 1. The van der Waals surface area contributed by atoms with E-state index in [-0.39, 0.29) is 12.2 Å². The third-order valence-electron chi connectivity index (χ3n) is 6.16. The van der Waals surface area contributed by atoms with Crippen LogP contribution in [0.1, 0.15) is 54.3 Å². The molecule has 1 atom stereocenters. The van der Waals surface area contributed by atoms with Gasteiger partial charge in [-0.2, -0.15) is 0 Å². The number of ether oxygens (including phenoxy) is 1. The van der Waals surface area contributed by atoms with Crippen LogP contribution in [-0.2, 0) is 9.53 Å². The normalized spacial score (nSPS) is 15.6. The van der Waals surface area contributed by atoms with Gasteiger partial charge in [0.1, 0.15) is 0 Å². The molecule has 37 heavy (non-hydrogen) atoms. The standard InChI is InChI=1S/C29H25BrN2O3S2/c1-4-35-28(34)24-25(19-8-6-5-7-9-19)31-29-32(26(24)20-12-10-18(11-13-20)17(2)3)27(33)22(37-29)16-21-14-15-23(30)36-21/h5-17,26H,4H2,1-3H3/b22-16+/t26-/m1/s1. The van der Waals surface area contributed by atoms with Gasteiger partial charge >= 0.3 is 5.97 Å². The number of hydrogen-bond donors (Lipinski definition) is 0. The number of benzene rings is 2. The molecule has 0 bridgehead atoms. The average molecular weight is 594 g/mol. The van der Waals surface area contributed by atoms with E-state index >= 15 is 0 Å². The molecule has 1 aliphatic rings. The number of hydrogen-bond acceptors (Lipinski definition) is 6. The first-order chi connectivity index (χ1) is 17.9. The van der Waals surface area contributed by atoms with Crippen LogP contribution >= 0.6 is 38.6 Å². The van der Waals surface area contributed by atoms with Crippen molar-refractivity contribution in [2.24, 2.45) is 4.99 Å². The number of carbonyl (C=O) groups is 1. The van der Waals surface area contributed by atoms with Crippen molar-refractivity contribution in [1.29, 1.82) is 0 Å². The summed E-state index contributed by atoms with van der Waals surface area (Å²) < 4.78 is 8.72. The second kappa shape index (κ2) is 10.7. The van der Waals surface area contributed by atoms with Gasteiger partial charge in [0.25, 0.3) is 5.56 Å². The highest BCUT2D eigenvalue weighted by Crippen LogP contribution is 2.35. The molecule has 0 unspecified atom stereocenters. The Morgan fingerprint density at radius 2 is 1.81 bits per heavy atom. The maximum Gasteiger partial charge on any atom is 0.338 e. The molecule has 3 heterocycles. The SMILES string of the molecule is CCOC(=O)C1=C(c2ccccc2)N=c2s/c(=C/c3ccc(Br)s3)c(=O)n2[C@@H]1c1ccc(C(C)C)cc1. The van der Waals surface area contributed by atoms with Gasteiger partial charge < -0.3 is 4.74 Å². The second-order valence-corrected chi connectivity index (χ2v) is 12.4. The highest BCUT2D eigenvalue weighted by Gasteiger charge is 2.35. The van der Waals surface area contributed by atoms with Crippen molar-refractivity contribution in [3.63, 3.8) is 0 Å². The minimum Gasteiger partial charge on any atom is -0.463 e. The highest BCUT2D eigenvalue weighted by atomic mass is 79.9. The molecule has 188 valence electrons. The Kier molecular flexibility index (Phi) is 7.42. The van der Waals surface area contributed by atoms with Gasteiger partial charge in [0, 0.05) is 10.4 Å². The van der Waals surface area contributed by atoms with E-state index in [4.69, 9.17) is 9.73 Å². The van der Waals surface area contributed by atoms with Gasteiger partial charge in [0.15, 0.2) is 4.80 Å². The van der Waals surface area contributed by atoms with Gasteiger partial charge in [-0.15, -0.1) is 11.3 Å².